The van der Waals surface area contributed by atoms with E-state index in [0.717, 1.165) is 49.9 Å². The summed E-state index contributed by atoms with van der Waals surface area (Å²) >= 11 is 0. The number of piperidine rings is 2. The number of aromatic nitrogens is 6. The summed E-state index contributed by atoms with van der Waals surface area (Å²) in [5, 5.41) is 10.2. The molecule has 5 aromatic rings. The van der Waals surface area contributed by atoms with Crippen molar-refractivity contribution < 1.29 is 36.7 Å². The molecule has 57 heavy (non-hydrogen) atoms. The van der Waals surface area contributed by atoms with Crippen LogP contribution in [0.5, 0.6) is 5.88 Å². The summed E-state index contributed by atoms with van der Waals surface area (Å²) in [7, 11) is 3.05. The zero-order chi connectivity index (χ0) is 40.2. The highest BCUT2D eigenvalue weighted by Crippen LogP contribution is 2.39. The molecule has 2 saturated heterocycles. The molecule has 3 atom stereocenters. The number of hydrogen-bond donors (Lipinski definition) is 2. The van der Waals surface area contributed by atoms with Crippen LogP contribution in [0.1, 0.15) is 84.7 Å². The molecule has 1 aromatic carbocycles. The second-order valence-electron chi connectivity index (χ2n) is 15.2. The fourth-order valence-electron chi connectivity index (χ4n) is 8.75. The molecule has 4 aromatic heterocycles. The lowest BCUT2D eigenvalue weighted by atomic mass is 9.83. The third kappa shape index (κ3) is 7.37. The third-order valence-electron chi connectivity index (χ3n) is 11.6. The van der Waals surface area contributed by atoms with Crippen LogP contribution >= 0.6 is 0 Å². The van der Waals surface area contributed by atoms with Gasteiger partial charge in [-0.05, 0) is 80.8 Å². The summed E-state index contributed by atoms with van der Waals surface area (Å²) in [6.45, 7) is 1.73. The summed E-state index contributed by atoms with van der Waals surface area (Å²) in [6.07, 6.45) is 0.426. The van der Waals surface area contributed by atoms with E-state index >= 15 is 4.39 Å². The molecule has 2 aliphatic heterocycles. The molecular weight excluding hydrogens is 750 g/mol. The summed E-state index contributed by atoms with van der Waals surface area (Å²) in [6, 6.07) is 9.38. The van der Waals surface area contributed by atoms with E-state index in [-0.39, 0.29) is 48.7 Å². The molecule has 8 rings (SSSR count). The number of pyridine rings is 2. The van der Waals surface area contributed by atoms with Crippen LogP contribution in [0.15, 0.2) is 53.5 Å². The maximum atomic E-state index is 16.1. The van der Waals surface area contributed by atoms with Crippen LogP contribution in [0.2, 0.25) is 0 Å². The van der Waals surface area contributed by atoms with Crippen molar-refractivity contribution in [2.24, 2.45) is 13.0 Å². The van der Waals surface area contributed by atoms with E-state index in [9.17, 15) is 32.3 Å². The van der Waals surface area contributed by atoms with Gasteiger partial charge in [-0.2, -0.15) is 23.3 Å². The quantitative estimate of drug-likeness (QED) is 0.157. The maximum absolute atomic E-state index is 16.1. The molecule has 1 unspecified atom stereocenters. The van der Waals surface area contributed by atoms with Gasteiger partial charge >= 0.3 is 11.9 Å². The summed E-state index contributed by atoms with van der Waals surface area (Å²) in [5.74, 6) is -1.55. The Balaban J connectivity index is 0.895. The highest BCUT2D eigenvalue weighted by Gasteiger charge is 2.37. The normalized spacial score (nSPS) is 23.5. The number of likely N-dealkylation sites (tertiary alicyclic amines) is 1. The Hall–Kier alpha value is -5.65. The predicted octanol–water partition coefficient (Wildman–Crippen LogP) is 5.30. The van der Waals surface area contributed by atoms with Gasteiger partial charge in [0.25, 0.3) is 5.91 Å². The molecule has 14 nitrogen and oxygen atoms in total. The van der Waals surface area contributed by atoms with Crippen LogP contribution in [-0.2, 0) is 22.8 Å². The number of halogens is 4. The molecule has 1 saturated carbocycles. The first-order chi connectivity index (χ1) is 27.3. The molecule has 6 heterocycles. The van der Waals surface area contributed by atoms with E-state index in [1.807, 2.05) is 16.9 Å². The van der Waals surface area contributed by atoms with Crippen molar-refractivity contribution in [3.05, 3.63) is 76.1 Å². The molecule has 2 N–H and O–H groups in total. The SMILES string of the molecule is COc1nc(NC(=O)c2cccc(C(F)(F)F)n2)cc2cn(C3CCC(CN4CC[C@H](c5cccc6c5n(C)c(=O)n6C5CCC(=O)NC5=O)[C@@H](F)C4)CC3)nc12. The lowest BCUT2D eigenvalue weighted by Crippen LogP contribution is -2.44. The van der Waals surface area contributed by atoms with E-state index in [0.29, 0.717) is 40.8 Å². The van der Waals surface area contributed by atoms with Crippen molar-refractivity contribution in [2.45, 2.75) is 75.3 Å². The number of imide groups is 1. The van der Waals surface area contributed by atoms with Crippen LogP contribution in [0, 0.1) is 5.92 Å². The number of carbonyl (C=O) groups is 3. The zero-order valence-electron chi connectivity index (χ0n) is 31.3. The topological polar surface area (TPSA) is 158 Å². The van der Waals surface area contributed by atoms with Gasteiger partial charge in [0.05, 0.1) is 24.2 Å². The number of hydrogen-bond acceptors (Lipinski definition) is 9. The Morgan fingerprint density at radius 1 is 1.02 bits per heavy atom. The van der Waals surface area contributed by atoms with Crippen LogP contribution in [0.4, 0.5) is 23.4 Å². The number of fused-ring (bicyclic) bond motifs is 2. The lowest BCUT2D eigenvalue weighted by Gasteiger charge is -2.38. The van der Waals surface area contributed by atoms with Crippen LogP contribution in [-0.4, -0.2) is 84.4 Å². The first-order valence-corrected chi connectivity index (χ1v) is 19.0. The van der Waals surface area contributed by atoms with Gasteiger partial charge in [-0.1, -0.05) is 18.2 Å². The summed E-state index contributed by atoms with van der Waals surface area (Å²) < 4.78 is 65.8. The molecule has 0 bridgehead atoms. The standard InChI is InChI=1S/C39H41F4N9O5/c1-49-34-25(5-3-7-28(34)52(38(49)56)29-13-14-32(53)47-36(29)55)24-15-16-50(20-26(24)40)18-21-9-11-23(12-10-21)51-19-22-17-31(46-37(57-2)33(22)48-51)45-35(54)27-6-4-8-30(44-27)39(41,42)43/h3-8,17,19,21,23-24,26,29H,9-16,18,20H2,1-2H3,(H,45,54)(H,47,53,55)/t21?,23?,24-,26+,29?/m1/s1. The second kappa shape index (κ2) is 15.0. The maximum Gasteiger partial charge on any atom is 0.433 e. The third-order valence-corrected chi connectivity index (χ3v) is 11.6. The minimum Gasteiger partial charge on any atom is -0.479 e. The molecule has 3 aliphatic rings. The Kier molecular flexibility index (Phi) is 10.1. The smallest absolute Gasteiger partial charge is 0.433 e. The van der Waals surface area contributed by atoms with Crippen LogP contribution in [0.3, 0.4) is 0 Å². The Labute approximate surface area is 323 Å². The Morgan fingerprint density at radius 2 is 1.79 bits per heavy atom. The number of benzene rings is 1. The van der Waals surface area contributed by atoms with Gasteiger partial charge in [0.1, 0.15) is 29.4 Å². The highest BCUT2D eigenvalue weighted by molar-refractivity contribution is 6.03. The van der Waals surface area contributed by atoms with Gasteiger partial charge in [0.15, 0.2) is 5.52 Å². The second-order valence-corrected chi connectivity index (χ2v) is 15.2. The molecule has 300 valence electrons. The Morgan fingerprint density at radius 3 is 2.51 bits per heavy atom. The van der Waals surface area contributed by atoms with Crippen molar-refractivity contribution in [2.75, 3.05) is 32.1 Å². The number of imidazole rings is 1. The van der Waals surface area contributed by atoms with Crippen LogP contribution < -0.4 is 21.1 Å². The van der Waals surface area contributed by atoms with E-state index in [2.05, 4.69) is 25.5 Å². The van der Waals surface area contributed by atoms with E-state index < -0.39 is 47.5 Å². The Bertz CT molecular complexity index is 2430. The first kappa shape index (κ1) is 38.2. The summed E-state index contributed by atoms with van der Waals surface area (Å²) in [4.78, 5) is 60.6. The van der Waals surface area contributed by atoms with Gasteiger partial charge in [0, 0.05) is 44.1 Å². The van der Waals surface area contributed by atoms with Crippen molar-refractivity contribution in [3.63, 3.8) is 0 Å². The monoisotopic (exact) mass is 791 g/mol. The molecule has 1 aliphatic carbocycles. The number of anilines is 1. The van der Waals surface area contributed by atoms with Crippen molar-refractivity contribution in [1.82, 2.24) is 39.1 Å². The highest BCUT2D eigenvalue weighted by atomic mass is 19.4. The van der Waals surface area contributed by atoms with Gasteiger partial charge in [-0.3, -0.25) is 33.5 Å². The number of nitrogens with one attached hydrogen (secondary N) is 2. The van der Waals surface area contributed by atoms with Gasteiger partial charge in [0.2, 0.25) is 17.7 Å². The summed E-state index contributed by atoms with van der Waals surface area (Å²) in [5.41, 5.74) is 0.429. The fourth-order valence-corrected chi connectivity index (χ4v) is 8.75. The zero-order valence-corrected chi connectivity index (χ0v) is 31.3. The number of carbonyl (C=O) groups excluding carboxylic acids is 3. The minimum atomic E-state index is -4.70. The average molecular weight is 792 g/mol. The molecule has 3 fully saturated rings. The first-order valence-electron chi connectivity index (χ1n) is 19.0. The number of aryl methyl sites for hydroxylation is 1. The van der Waals surface area contributed by atoms with Crippen molar-refractivity contribution in [3.8, 4) is 5.88 Å². The van der Waals surface area contributed by atoms with Crippen LogP contribution in [0.25, 0.3) is 21.9 Å². The van der Waals surface area contributed by atoms with E-state index in [4.69, 9.17) is 9.84 Å². The van der Waals surface area contributed by atoms with Crippen molar-refractivity contribution in [1.29, 1.82) is 0 Å². The molecule has 0 spiro atoms. The van der Waals surface area contributed by atoms with Gasteiger partial charge in [-0.25, -0.2) is 14.2 Å². The van der Waals surface area contributed by atoms with Gasteiger partial charge < -0.3 is 15.0 Å². The number of nitrogens with zero attached hydrogens (tertiary/aromatic N) is 7. The number of rotatable bonds is 8. The molecule has 0 radical (unpaired) electrons. The fraction of sp³-hybridized carbons (Fsp3) is 0.462. The number of methoxy groups -OCH3 is 1. The average Bonchev–Trinajstić information content (AvgIpc) is 3.73. The predicted molar refractivity (Wildman–Crippen MR) is 200 cm³/mol. The van der Waals surface area contributed by atoms with Crippen molar-refractivity contribution >= 4 is 45.5 Å². The van der Waals surface area contributed by atoms with E-state index in [1.54, 1.807) is 25.2 Å². The minimum absolute atomic E-state index is 0.0770. The van der Waals surface area contributed by atoms with Gasteiger partial charge in [-0.15, -0.1) is 0 Å². The number of ether oxygens (including phenoxy) is 1. The largest absolute Gasteiger partial charge is 0.479 e. The molecule has 3 amide bonds. The molecule has 18 heteroatoms. The number of alkyl halides is 4. The molecular formula is C39H41F4N9O5. The number of para-hydroxylation sites is 1. The van der Waals surface area contributed by atoms with E-state index in [1.165, 1.54) is 22.3 Å². The number of amides is 3. The lowest BCUT2D eigenvalue weighted by molar-refractivity contribution is -0.141.